The van der Waals surface area contributed by atoms with Crippen molar-refractivity contribution in [2.24, 2.45) is 5.84 Å². The number of fused-ring (bicyclic) bond motifs is 1. The molecule has 0 aliphatic rings. The van der Waals surface area contributed by atoms with Crippen molar-refractivity contribution in [3.63, 3.8) is 0 Å². The van der Waals surface area contributed by atoms with Crippen LogP contribution in [-0.2, 0) is 13.0 Å². The fraction of sp³-hybridized carbons (Fsp3) is 0.312. The summed E-state index contributed by atoms with van der Waals surface area (Å²) in [5.41, 5.74) is 5.00. The Labute approximate surface area is 123 Å². The molecule has 3 N–H and O–H groups in total. The summed E-state index contributed by atoms with van der Waals surface area (Å²) < 4.78 is 7.89. The lowest BCUT2D eigenvalue weighted by Crippen LogP contribution is -2.30. The van der Waals surface area contributed by atoms with Gasteiger partial charge in [-0.05, 0) is 38.1 Å². The van der Waals surface area contributed by atoms with Crippen LogP contribution in [0.2, 0.25) is 0 Å². The van der Waals surface area contributed by atoms with Gasteiger partial charge in [0.05, 0.1) is 17.1 Å². The quantitative estimate of drug-likeness (QED) is 0.558. The van der Waals surface area contributed by atoms with Crippen molar-refractivity contribution in [3.8, 4) is 0 Å². The second-order valence-electron chi connectivity index (χ2n) is 5.13. The van der Waals surface area contributed by atoms with Crippen molar-refractivity contribution in [2.75, 3.05) is 0 Å². The SMILES string of the molecule is CCn1c(CC(NN)c2ccc(C)o2)nc2ccccc21. The molecule has 0 saturated carbocycles. The Kier molecular flexibility index (Phi) is 3.77. The third-order valence-corrected chi connectivity index (χ3v) is 3.74. The lowest BCUT2D eigenvalue weighted by molar-refractivity contribution is 0.396. The lowest BCUT2D eigenvalue weighted by Gasteiger charge is -2.14. The Balaban J connectivity index is 1.96. The van der Waals surface area contributed by atoms with E-state index in [1.807, 2.05) is 37.3 Å². The fourth-order valence-electron chi connectivity index (χ4n) is 2.70. The number of hydrogen-bond donors (Lipinski definition) is 2. The van der Waals surface area contributed by atoms with E-state index in [1.54, 1.807) is 0 Å². The minimum absolute atomic E-state index is 0.0826. The first-order chi connectivity index (χ1) is 10.2. The molecular weight excluding hydrogens is 264 g/mol. The summed E-state index contributed by atoms with van der Waals surface area (Å²) in [6.07, 6.45) is 0.686. The van der Waals surface area contributed by atoms with E-state index in [2.05, 4.69) is 23.0 Å². The average Bonchev–Trinajstić information content (AvgIpc) is 3.07. The Morgan fingerprint density at radius 2 is 2.10 bits per heavy atom. The van der Waals surface area contributed by atoms with Gasteiger partial charge in [-0.25, -0.2) is 10.4 Å². The van der Waals surface area contributed by atoms with E-state index in [0.717, 1.165) is 34.9 Å². The van der Waals surface area contributed by atoms with Crippen LogP contribution < -0.4 is 11.3 Å². The van der Waals surface area contributed by atoms with Crippen molar-refractivity contribution in [2.45, 2.75) is 32.9 Å². The van der Waals surface area contributed by atoms with E-state index < -0.39 is 0 Å². The second-order valence-corrected chi connectivity index (χ2v) is 5.13. The fourth-order valence-corrected chi connectivity index (χ4v) is 2.70. The number of benzene rings is 1. The number of furan rings is 1. The second kappa shape index (κ2) is 5.71. The third kappa shape index (κ3) is 2.57. The van der Waals surface area contributed by atoms with Gasteiger partial charge in [-0.3, -0.25) is 5.84 Å². The van der Waals surface area contributed by atoms with Gasteiger partial charge in [0.15, 0.2) is 0 Å². The Morgan fingerprint density at radius 3 is 2.76 bits per heavy atom. The summed E-state index contributed by atoms with van der Waals surface area (Å²) in [6, 6.07) is 12.0. The van der Waals surface area contributed by atoms with E-state index in [9.17, 15) is 0 Å². The molecule has 0 radical (unpaired) electrons. The van der Waals surface area contributed by atoms with E-state index in [0.29, 0.717) is 6.42 Å². The highest BCUT2D eigenvalue weighted by Gasteiger charge is 2.18. The minimum atomic E-state index is -0.0826. The molecule has 0 fully saturated rings. The summed E-state index contributed by atoms with van der Waals surface area (Å²) >= 11 is 0. The maximum absolute atomic E-state index is 5.70. The maximum Gasteiger partial charge on any atom is 0.122 e. The molecule has 0 bridgehead atoms. The first-order valence-electron chi connectivity index (χ1n) is 7.19. The zero-order chi connectivity index (χ0) is 14.8. The molecule has 5 heteroatoms. The van der Waals surface area contributed by atoms with Gasteiger partial charge < -0.3 is 8.98 Å². The number of rotatable bonds is 5. The van der Waals surface area contributed by atoms with Crippen molar-refractivity contribution >= 4 is 11.0 Å². The molecule has 1 unspecified atom stereocenters. The third-order valence-electron chi connectivity index (χ3n) is 3.74. The molecule has 0 saturated heterocycles. The average molecular weight is 284 g/mol. The lowest BCUT2D eigenvalue weighted by atomic mass is 10.1. The molecule has 3 aromatic rings. The molecule has 1 aromatic carbocycles. The van der Waals surface area contributed by atoms with Gasteiger partial charge in [0, 0.05) is 13.0 Å². The van der Waals surface area contributed by atoms with E-state index in [4.69, 9.17) is 15.2 Å². The Morgan fingerprint density at radius 1 is 1.29 bits per heavy atom. The molecule has 3 rings (SSSR count). The number of aromatic nitrogens is 2. The van der Waals surface area contributed by atoms with Gasteiger partial charge in [0.1, 0.15) is 17.3 Å². The van der Waals surface area contributed by atoms with E-state index in [1.165, 1.54) is 0 Å². The smallest absolute Gasteiger partial charge is 0.122 e. The highest BCUT2D eigenvalue weighted by atomic mass is 16.3. The predicted octanol–water partition coefficient (Wildman–Crippen LogP) is 2.70. The van der Waals surface area contributed by atoms with Crippen LogP contribution in [0.3, 0.4) is 0 Å². The molecule has 1 atom stereocenters. The van der Waals surface area contributed by atoms with Crippen LogP contribution in [0.4, 0.5) is 0 Å². The van der Waals surface area contributed by atoms with Gasteiger partial charge in [-0.2, -0.15) is 0 Å². The number of hydrazine groups is 1. The number of imidazole rings is 1. The Bertz CT molecular complexity index is 744. The van der Waals surface area contributed by atoms with Crippen molar-refractivity contribution in [1.29, 1.82) is 0 Å². The first-order valence-corrected chi connectivity index (χ1v) is 7.19. The molecule has 21 heavy (non-hydrogen) atoms. The van der Waals surface area contributed by atoms with Crippen LogP contribution in [0.15, 0.2) is 40.8 Å². The monoisotopic (exact) mass is 284 g/mol. The zero-order valence-electron chi connectivity index (χ0n) is 12.3. The van der Waals surface area contributed by atoms with E-state index >= 15 is 0 Å². The van der Waals surface area contributed by atoms with Crippen LogP contribution in [0.1, 0.15) is 30.3 Å². The standard InChI is InChI=1S/C16H20N4O/c1-3-20-14-7-5-4-6-12(14)18-16(20)10-13(19-17)15-9-8-11(2)21-15/h4-9,13,19H,3,10,17H2,1-2H3. The molecule has 0 aliphatic heterocycles. The van der Waals surface area contributed by atoms with Crippen LogP contribution >= 0.6 is 0 Å². The molecule has 0 spiro atoms. The van der Waals surface area contributed by atoms with Gasteiger partial charge in [0.25, 0.3) is 0 Å². The number of para-hydroxylation sites is 2. The van der Waals surface area contributed by atoms with Crippen LogP contribution in [0.25, 0.3) is 11.0 Å². The predicted molar refractivity (Wildman–Crippen MR) is 82.6 cm³/mol. The van der Waals surface area contributed by atoms with E-state index in [-0.39, 0.29) is 6.04 Å². The van der Waals surface area contributed by atoms with Crippen molar-refractivity contribution < 1.29 is 4.42 Å². The number of nitrogens with one attached hydrogen (secondary N) is 1. The van der Waals surface area contributed by atoms with Crippen LogP contribution in [0.5, 0.6) is 0 Å². The maximum atomic E-state index is 5.70. The molecular formula is C16H20N4O. The van der Waals surface area contributed by atoms with Gasteiger partial charge in [0.2, 0.25) is 0 Å². The van der Waals surface area contributed by atoms with Gasteiger partial charge in [-0.1, -0.05) is 12.1 Å². The number of nitrogens with two attached hydrogens (primary N) is 1. The van der Waals surface area contributed by atoms with Crippen LogP contribution in [-0.4, -0.2) is 9.55 Å². The summed E-state index contributed by atoms with van der Waals surface area (Å²) in [6.45, 7) is 4.93. The molecule has 110 valence electrons. The first kappa shape index (κ1) is 13.9. The summed E-state index contributed by atoms with van der Waals surface area (Å²) in [5, 5.41) is 0. The highest BCUT2D eigenvalue weighted by molar-refractivity contribution is 5.75. The molecule has 0 aliphatic carbocycles. The molecule has 5 nitrogen and oxygen atoms in total. The highest BCUT2D eigenvalue weighted by Crippen LogP contribution is 2.23. The number of aryl methyl sites for hydroxylation is 2. The molecule has 2 aromatic heterocycles. The Hall–Kier alpha value is -2.11. The number of nitrogens with zero attached hydrogens (tertiary/aromatic N) is 2. The summed E-state index contributed by atoms with van der Waals surface area (Å²) in [7, 11) is 0. The largest absolute Gasteiger partial charge is 0.465 e. The van der Waals surface area contributed by atoms with Crippen LogP contribution in [0, 0.1) is 6.92 Å². The minimum Gasteiger partial charge on any atom is -0.465 e. The topological polar surface area (TPSA) is 69.0 Å². The van der Waals surface area contributed by atoms with Gasteiger partial charge in [-0.15, -0.1) is 0 Å². The normalized spacial score (nSPS) is 12.9. The number of hydrogen-bond acceptors (Lipinski definition) is 4. The molecule has 0 amide bonds. The summed E-state index contributed by atoms with van der Waals surface area (Å²) in [4.78, 5) is 4.73. The van der Waals surface area contributed by atoms with Gasteiger partial charge >= 0.3 is 0 Å². The zero-order valence-corrected chi connectivity index (χ0v) is 12.3. The summed E-state index contributed by atoms with van der Waals surface area (Å²) in [5.74, 6) is 8.43. The van der Waals surface area contributed by atoms with Crippen molar-refractivity contribution in [1.82, 2.24) is 15.0 Å². The van der Waals surface area contributed by atoms with Crippen molar-refractivity contribution in [3.05, 3.63) is 53.7 Å². The molecule has 2 heterocycles.